The quantitative estimate of drug-likeness (QED) is 0.768. The van der Waals surface area contributed by atoms with Gasteiger partial charge in [-0.15, -0.1) is 0 Å². The average molecular weight is 320 g/mol. The van der Waals surface area contributed by atoms with Gasteiger partial charge in [-0.25, -0.2) is 4.68 Å². The number of anilines is 1. The molecule has 0 saturated heterocycles. The summed E-state index contributed by atoms with van der Waals surface area (Å²) in [5, 5.41) is 10.5. The van der Waals surface area contributed by atoms with Crippen LogP contribution in [0.25, 0.3) is 11.0 Å². The lowest BCUT2D eigenvalue weighted by Gasteiger charge is -2.19. The van der Waals surface area contributed by atoms with Gasteiger partial charge in [-0.05, 0) is 34.6 Å². The van der Waals surface area contributed by atoms with Crippen LogP contribution in [0.5, 0.6) is 0 Å². The summed E-state index contributed by atoms with van der Waals surface area (Å²) >= 11 is 0. The van der Waals surface area contributed by atoms with Gasteiger partial charge < -0.3 is 10.6 Å². The van der Waals surface area contributed by atoms with Gasteiger partial charge in [0.1, 0.15) is 5.39 Å². The predicted molar refractivity (Wildman–Crippen MR) is 89.5 cm³/mol. The molecule has 0 radical (unpaired) electrons. The Labute approximate surface area is 134 Å². The van der Waals surface area contributed by atoms with Crippen molar-refractivity contribution in [3.05, 3.63) is 16.6 Å². The normalized spacial score (nSPS) is 11.9. The Morgan fingerprint density at radius 1 is 1.39 bits per heavy atom. The van der Waals surface area contributed by atoms with E-state index in [1.165, 1.54) is 6.20 Å². The Morgan fingerprint density at radius 3 is 2.70 bits per heavy atom. The van der Waals surface area contributed by atoms with Crippen molar-refractivity contribution in [1.82, 2.24) is 25.1 Å². The largest absolute Gasteiger partial charge is 0.355 e. The average Bonchev–Trinajstić information content (AvgIpc) is 2.81. The predicted octanol–water partition coefficient (Wildman–Crippen LogP) is 1.20. The van der Waals surface area contributed by atoms with E-state index in [1.54, 1.807) is 4.68 Å². The minimum absolute atomic E-state index is 0.0457. The lowest BCUT2D eigenvalue weighted by Crippen LogP contribution is -2.31. The maximum Gasteiger partial charge on any atom is 0.263 e. The first-order valence-electron chi connectivity index (χ1n) is 7.70. The number of carbonyl (C=O) groups is 1. The van der Waals surface area contributed by atoms with Crippen LogP contribution in [-0.2, 0) is 10.3 Å². The first-order chi connectivity index (χ1) is 10.7. The van der Waals surface area contributed by atoms with Crippen molar-refractivity contribution < 1.29 is 4.79 Å². The molecule has 2 aromatic rings. The number of rotatable bonds is 5. The minimum Gasteiger partial charge on any atom is -0.355 e. The summed E-state index contributed by atoms with van der Waals surface area (Å²) in [5.74, 6) is 0.293. The van der Waals surface area contributed by atoms with Crippen molar-refractivity contribution in [3.63, 3.8) is 0 Å². The zero-order chi connectivity index (χ0) is 17.2. The van der Waals surface area contributed by atoms with Gasteiger partial charge >= 0.3 is 0 Å². The molecule has 0 aromatic carbocycles. The van der Waals surface area contributed by atoms with Crippen molar-refractivity contribution in [2.24, 2.45) is 0 Å². The molecule has 126 valence electrons. The van der Waals surface area contributed by atoms with E-state index in [0.717, 1.165) is 0 Å². The third-order valence-corrected chi connectivity index (χ3v) is 3.17. The van der Waals surface area contributed by atoms with E-state index in [1.807, 2.05) is 34.6 Å². The molecule has 0 aliphatic rings. The Balaban J connectivity index is 2.16. The smallest absolute Gasteiger partial charge is 0.263 e. The van der Waals surface area contributed by atoms with E-state index in [0.29, 0.717) is 29.9 Å². The molecule has 23 heavy (non-hydrogen) atoms. The van der Waals surface area contributed by atoms with E-state index in [4.69, 9.17) is 0 Å². The van der Waals surface area contributed by atoms with Crippen LogP contribution >= 0.6 is 0 Å². The Bertz CT molecular complexity index is 753. The summed E-state index contributed by atoms with van der Waals surface area (Å²) in [4.78, 5) is 30.8. The van der Waals surface area contributed by atoms with Gasteiger partial charge in [0.25, 0.3) is 5.56 Å². The summed E-state index contributed by atoms with van der Waals surface area (Å²) in [6.07, 6.45) is 1.82. The van der Waals surface area contributed by atoms with Gasteiger partial charge in [-0.1, -0.05) is 0 Å². The van der Waals surface area contributed by atoms with Gasteiger partial charge in [0, 0.05) is 19.0 Å². The number of hydrogen-bond acceptors (Lipinski definition) is 5. The monoisotopic (exact) mass is 320 g/mol. The van der Waals surface area contributed by atoms with Crippen LogP contribution in [-0.4, -0.2) is 38.2 Å². The molecule has 8 nitrogen and oxygen atoms in total. The molecule has 0 aliphatic carbocycles. The fraction of sp³-hybridized carbons (Fsp3) is 0.600. The van der Waals surface area contributed by atoms with E-state index >= 15 is 0 Å². The number of nitrogens with one attached hydrogen (secondary N) is 3. The molecule has 0 bridgehead atoms. The fourth-order valence-electron chi connectivity index (χ4n) is 2.18. The number of aromatic amines is 1. The Hall–Kier alpha value is -2.38. The zero-order valence-corrected chi connectivity index (χ0v) is 14.2. The molecule has 1 amide bonds. The second kappa shape index (κ2) is 6.39. The molecular formula is C15H24N6O2. The summed E-state index contributed by atoms with van der Waals surface area (Å²) in [6, 6.07) is 0.109. The van der Waals surface area contributed by atoms with Crippen LogP contribution in [0.1, 0.15) is 41.0 Å². The summed E-state index contributed by atoms with van der Waals surface area (Å²) in [7, 11) is 0. The van der Waals surface area contributed by atoms with E-state index < -0.39 is 0 Å². The number of amides is 1. The lowest BCUT2D eigenvalue weighted by molar-refractivity contribution is -0.121. The molecule has 0 aliphatic heterocycles. The first-order valence-corrected chi connectivity index (χ1v) is 7.70. The topological polar surface area (TPSA) is 105 Å². The maximum absolute atomic E-state index is 12.1. The fourth-order valence-corrected chi connectivity index (χ4v) is 2.18. The molecule has 0 saturated carbocycles. The van der Waals surface area contributed by atoms with Crippen molar-refractivity contribution in [2.75, 3.05) is 11.9 Å². The van der Waals surface area contributed by atoms with Gasteiger partial charge in [0.15, 0.2) is 5.65 Å². The van der Waals surface area contributed by atoms with Crippen LogP contribution in [0.4, 0.5) is 5.95 Å². The van der Waals surface area contributed by atoms with Crippen LogP contribution in [0.3, 0.4) is 0 Å². The second-order valence-corrected chi connectivity index (χ2v) is 6.78. The Kier molecular flexibility index (Phi) is 4.72. The molecule has 2 heterocycles. The number of hydrogen-bond donors (Lipinski definition) is 3. The van der Waals surface area contributed by atoms with Crippen LogP contribution < -0.4 is 16.2 Å². The maximum atomic E-state index is 12.1. The highest BCUT2D eigenvalue weighted by atomic mass is 16.1. The molecule has 0 atom stereocenters. The molecule has 0 fully saturated rings. The van der Waals surface area contributed by atoms with Crippen molar-refractivity contribution in [3.8, 4) is 0 Å². The molecule has 0 spiro atoms. The van der Waals surface area contributed by atoms with Crippen molar-refractivity contribution in [2.45, 2.75) is 52.6 Å². The number of H-pyrrole nitrogens is 1. The molecule has 3 N–H and O–H groups in total. The SMILES string of the molecule is CC(C)NC(=O)CCNc1nc2c(cnn2C(C)(C)C)c(=O)[nH]1. The van der Waals surface area contributed by atoms with Gasteiger partial charge in [0.05, 0.1) is 11.7 Å². The van der Waals surface area contributed by atoms with Gasteiger partial charge in [-0.3, -0.25) is 14.6 Å². The standard InChI is InChI=1S/C15H24N6O2/c1-9(2)18-11(22)6-7-16-14-19-12-10(13(23)20-14)8-17-21(12)15(3,4)5/h8-9H,6-7H2,1-5H3,(H,18,22)(H2,16,19,20,23). The molecule has 0 unspecified atom stereocenters. The second-order valence-electron chi connectivity index (χ2n) is 6.78. The van der Waals surface area contributed by atoms with Crippen molar-refractivity contribution >= 4 is 22.9 Å². The van der Waals surface area contributed by atoms with Crippen molar-refractivity contribution in [1.29, 1.82) is 0 Å². The highest BCUT2D eigenvalue weighted by Gasteiger charge is 2.19. The van der Waals surface area contributed by atoms with Gasteiger partial charge in [0.2, 0.25) is 11.9 Å². The lowest BCUT2D eigenvalue weighted by atomic mass is 10.1. The minimum atomic E-state index is -0.281. The molecule has 2 aromatic heterocycles. The van der Waals surface area contributed by atoms with Crippen LogP contribution in [0, 0.1) is 0 Å². The highest BCUT2D eigenvalue weighted by molar-refractivity contribution is 5.77. The third-order valence-electron chi connectivity index (χ3n) is 3.17. The van der Waals surface area contributed by atoms with E-state index in [9.17, 15) is 9.59 Å². The first kappa shape index (κ1) is 17.0. The summed E-state index contributed by atoms with van der Waals surface area (Å²) < 4.78 is 1.72. The number of fused-ring (bicyclic) bond motifs is 1. The third kappa shape index (κ3) is 4.08. The number of carbonyl (C=O) groups excluding carboxylic acids is 1. The number of nitrogens with zero attached hydrogens (tertiary/aromatic N) is 3. The molecule has 8 heteroatoms. The van der Waals surface area contributed by atoms with E-state index in [2.05, 4.69) is 25.7 Å². The summed E-state index contributed by atoms with van der Waals surface area (Å²) in [6.45, 7) is 10.2. The zero-order valence-electron chi connectivity index (χ0n) is 14.2. The number of aromatic nitrogens is 4. The van der Waals surface area contributed by atoms with Crippen LogP contribution in [0.2, 0.25) is 0 Å². The van der Waals surface area contributed by atoms with E-state index in [-0.39, 0.29) is 23.0 Å². The highest BCUT2D eigenvalue weighted by Crippen LogP contribution is 2.18. The molecule has 2 rings (SSSR count). The van der Waals surface area contributed by atoms with Gasteiger partial charge in [-0.2, -0.15) is 10.1 Å². The Morgan fingerprint density at radius 2 is 2.09 bits per heavy atom. The summed E-state index contributed by atoms with van der Waals surface area (Å²) in [5.41, 5.74) is -0.00763. The molecular weight excluding hydrogens is 296 g/mol. The van der Waals surface area contributed by atoms with Crippen LogP contribution in [0.15, 0.2) is 11.0 Å².